The van der Waals surface area contributed by atoms with Gasteiger partial charge in [-0.15, -0.1) is 0 Å². The molecule has 0 aromatic rings. The Morgan fingerprint density at radius 1 is 1.09 bits per heavy atom. The van der Waals surface area contributed by atoms with Crippen LogP contribution in [-0.4, -0.2) is 17.7 Å². The van der Waals surface area contributed by atoms with Crippen LogP contribution in [0.3, 0.4) is 0 Å². The van der Waals surface area contributed by atoms with Crippen LogP contribution in [0.5, 0.6) is 0 Å². The number of aliphatic carboxylic acids is 1. The third-order valence-corrected chi connectivity index (χ3v) is 8.43. The van der Waals surface area contributed by atoms with Crippen LogP contribution in [0.4, 0.5) is 0 Å². The average Bonchev–Trinajstić information content (AvgIpc) is 3.32. The number of carboxylic acid groups (broad SMARTS) is 1. The van der Waals surface area contributed by atoms with Gasteiger partial charge in [-0.05, 0) is 80.8 Å². The summed E-state index contributed by atoms with van der Waals surface area (Å²) in [7, 11) is 0. The van der Waals surface area contributed by atoms with Gasteiger partial charge in [0.25, 0.3) is 0 Å². The largest absolute Gasteiger partial charge is 0.493 e. The van der Waals surface area contributed by atoms with Crippen LogP contribution in [0.25, 0.3) is 0 Å². The van der Waals surface area contributed by atoms with Crippen molar-refractivity contribution in [2.45, 2.75) is 113 Å². The van der Waals surface area contributed by atoms with Gasteiger partial charge < -0.3 is 9.84 Å². The van der Waals surface area contributed by atoms with Gasteiger partial charge in [0.1, 0.15) is 5.76 Å². The first-order valence-electron chi connectivity index (χ1n) is 13.5. The second-order valence-electron chi connectivity index (χ2n) is 11.4. The van der Waals surface area contributed by atoms with Crippen molar-refractivity contribution in [2.24, 2.45) is 29.1 Å². The standard InChI is InChI=1S/C30H50O3/c1-9-26-24(7)30(19-27(31)32)25(8)28(30)23(6)29(26)33-18-12-17-22(5)16-11-15-21(4)14-10-13-20(2)3/h20-21,25,28H,5,9-19H2,1-4,6-8H3,(H,31,32)/t21-,25?,28?,30?/m1/s1. The number of ether oxygens (including phenoxy) is 1. The molecule has 1 saturated carbocycles. The molecule has 0 bridgehead atoms. The van der Waals surface area contributed by atoms with E-state index in [2.05, 4.69) is 55.0 Å². The zero-order valence-electron chi connectivity index (χ0n) is 22.6. The van der Waals surface area contributed by atoms with Crippen molar-refractivity contribution in [3.63, 3.8) is 0 Å². The molecule has 2 aliphatic carbocycles. The van der Waals surface area contributed by atoms with Gasteiger partial charge in [-0.1, -0.05) is 78.0 Å². The molecule has 0 radical (unpaired) electrons. The van der Waals surface area contributed by atoms with Crippen LogP contribution >= 0.6 is 0 Å². The molecule has 0 aliphatic heterocycles. The Labute approximate surface area is 203 Å². The van der Waals surface area contributed by atoms with E-state index in [9.17, 15) is 9.90 Å². The van der Waals surface area contributed by atoms with E-state index in [1.54, 1.807) is 0 Å². The molecule has 2 rings (SSSR count). The molecule has 1 N–H and O–H groups in total. The van der Waals surface area contributed by atoms with Crippen molar-refractivity contribution in [1.82, 2.24) is 0 Å². The minimum atomic E-state index is -0.695. The smallest absolute Gasteiger partial charge is 0.304 e. The van der Waals surface area contributed by atoms with Crippen molar-refractivity contribution in [1.29, 1.82) is 0 Å². The summed E-state index contributed by atoms with van der Waals surface area (Å²) in [5.74, 6) is 2.69. The van der Waals surface area contributed by atoms with Gasteiger partial charge in [0.05, 0.1) is 13.0 Å². The monoisotopic (exact) mass is 458 g/mol. The second kappa shape index (κ2) is 12.3. The molecule has 33 heavy (non-hydrogen) atoms. The summed E-state index contributed by atoms with van der Waals surface area (Å²) >= 11 is 0. The lowest BCUT2D eigenvalue weighted by atomic mass is 9.79. The average molecular weight is 459 g/mol. The first kappa shape index (κ1) is 27.7. The molecule has 0 saturated heterocycles. The third kappa shape index (κ3) is 6.76. The van der Waals surface area contributed by atoms with Gasteiger partial charge >= 0.3 is 5.97 Å². The van der Waals surface area contributed by atoms with Gasteiger partial charge in [-0.3, -0.25) is 4.79 Å². The lowest BCUT2D eigenvalue weighted by Gasteiger charge is -2.29. The molecular weight excluding hydrogens is 408 g/mol. The lowest BCUT2D eigenvalue weighted by molar-refractivity contribution is -0.138. The van der Waals surface area contributed by atoms with Crippen LogP contribution in [0.1, 0.15) is 113 Å². The summed E-state index contributed by atoms with van der Waals surface area (Å²) in [5, 5.41) is 9.50. The molecule has 4 atom stereocenters. The predicted molar refractivity (Wildman–Crippen MR) is 139 cm³/mol. The summed E-state index contributed by atoms with van der Waals surface area (Å²) in [6.07, 6.45) is 10.9. The van der Waals surface area contributed by atoms with E-state index in [-0.39, 0.29) is 11.8 Å². The van der Waals surface area contributed by atoms with Crippen molar-refractivity contribution in [2.75, 3.05) is 6.61 Å². The highest BCUT2D eigenvalue weighted by Crippen LogP contribution is 2.71. The number of fused-ring (bicyclic) bond motifs is 1. The Balaban J connectivity index is 1.77. The van der Waals surface area contributed by atoms with E-state index in [1.807, 2.05) is 0 Å². The minimum Gasteiger partial charge on any atom is -0.493 e. The molecule has 0 aromatic heterocycles. The van der Waals surface area contributed by atoms with Gasteiger partial charge in [-0.25, -0.2) is 0 Å². The van der Waals surface area contributed by atoms with E-state index in [0.29, 0.717) is 18.4 Å². The molecule has 0 amide bonds. The number of carbonyl (C=O) groups is 1. The van der Waals surface area contributed by atoms with Crippen LogP contribution in [0, 0.1) is 29.1 Å². The molecule has 0 aromatic carbocycles. The Kier molecular flexibility index (Phi) is 10.3. The first-order chi connectivity index (χ1) is 15.6. The summed E-state index contributed by atoms with van der Waals surface area (Å²) in [4.78, 5) is 11.6. The fraction of sp³-hybridized carbons (Fsp3) is 0.767. The van der Waals surface area contributed by atoms with Gasteiger partial charge in [0, 0.05) is 5.41 Å². The fourth-order valence-electron chi connectivity index (χ4n) is 6.42. The first-order valence-corrected chi connectivity index (χ1v) is 13.5. The molecule has 3 nitrogen and oxygen atoms in total. The second-order valence-corrected chi connectivity index (χ2v) is 11.4. The number of allylic oxidation sites excluding steroid dienone is 4. The van der Waals surface area contributed by atoms with E-state index in [1.165, 1.54) is 54.4 Å². The molecule has 2 aliphatic rings. The van der Waals surface area contributed by atoms with Gasteiger partial charge in [0.15, 0.2) is 0 Å². The Bertz CT molecular complexity index is 757. The highest BCUT2D eigenvalue weighted by atomic mass is 16.5. The molecule has 188 valence electrons. The van der Waals surface area contributed by atoms with Crippen LogP contribution in [-0.2, 0) is 9.53 Å². The van der Waals surface area contributed by atoms with Gasteiger partial charge in [0.2, 0.25) is 0 Å². The van der Waals surface area contributed by atoms with E-state index in [0.717, 1.165) is 43.3 Å². The molecular formula is C30H50O3. The quantitative estimate of drug-likeness (QED) is 0.186. The van der Waals surface area contributed by atoms with Crippen molar-refractivity contribution >= 4 is 5.97 Å². The maximum atomic E-state index is 11.6. The Hall–Kier alpha value is -1.51. The minimum absolute atomic E-state index is 0.186. The third-order valence-electron chi connectivity index (χ3n) is 8.43. The van der Waals surface area contributed by atoms with E-state index < -0.39 is 5.97 Å². The maximum absolute atomic E-state index is 11.6. The molecule has 3 unspecified atom stereocenters. The summed E-state index contributed by atoms with van der Waals surface area (Å²) in [6.45, 7) is 20.7. The summed E-state index contributed by atoms with van der Waals surface area (Å²) < 4.78 is 6.35. The SMILES string of the molecule is C=C(CCCOC1=C(C)C2C(C)C2(CC(=O)O)C(C)=C1CC)CCC[C@H](C)CCCC(C)C. The normalized spacial score (nSPS) is 25.3. The van der Waals surface area contributed by atoms with Gasteiger partial charge in [-0.2, -0.15) is 0 Å². The topological polar surface area (TPSA) is 46.5 Å². The molecule has 0 heterocycles. The lowest BCUT2D eigenvalue weighted by Crippen LogP contribution is -2.21. The molecule has 3 heteroatoms. The zero-order valence-corrected chi connectivity index (χ0v) is 22.6. The highest BCUT2D eigenvalue weighted by molar-refractivity contribution is 5.71. The number of hydrogen-bond donors (Lipinski definition) is 1. The fourth-order valence-corrected chi connectivity index (χ4v) is 6.42. The number of carboxylic acids is 1. The van der Waals surface area contributed by atoms with Crippen molar-refractivity contribution < 1.29 is 14.6 Å². The number of rotatable bonds is 16. The molecule has 0 spiro atoms. The Morgan fingerprint density at radius 2 is 1.73 bits per heavy atom. The predicted octanol–water partition coefficient (Wildman–Crippen LogP) is 8.71. The molecule has 1 fully saturated rings. The summed E-state index contributed by atoms with van der Waals surface area (Å²) in [5.41, 5.74) is 4.91. The van der Waals surface area contributed by atoms with Crippen LogP contribution < -0.4 is 0 Å². The number of hydrogen-bond acceptors (Lipinski definition) is 2. The van der Waals surface area contributed by atoms with Crippen molar-refractivity contribution in [3.8, 4) is 0 Å². The van der Waals surface area contributed by atoms with Crippen LogP contribution in [0.2, 0.25) is 0 Å². The maximum Gasteiger partial charge on any atom is 0.304 e. The van der Waals surface area contributed by atoms with Crippen molar-refractivity contribution in [3.05, 3.63) is 34.6 Å². The van der Waals surface area contributed by atoms with E-state index in [4.69, 9.17) is 4.74 Å². The zero-order chi connectivity index (χ0) is 24.8. The van der Waals surface area contributed by atoms with Crippen LogP contribution in [0.15, 0.2) is 34.6 Å². The highest BCUT2D eigenvalue weighted by Gasteiger charge is 2.66. The van der Waals surface area contributed by atoms with E-state index >= 15 is 0 Å². The summed E-state index contributed by atoms with van der Waals surface area (Å²) in [6, 6.07) is 0. The Morgan fingerprint density at radius 3 is 2.33 bits per heavy atom.